The summed E-state index contributed by atoms with van der Waals surface area (Å²) in [5.41, 5.74) is 12.3. The fourth-order valence-corrected chi connectivity index (χ4v) is 3.50. The maximum atomic E-state index is 11.8. The molecule has 0 fully saturated rings. The van der Waals surface area contributed by atoms with E-state index >= 15 is 0 Å². The Morgan fingerprint density at radius 3 is 1.96 bits per heavy atom. The van der Waals surface area contributed by atoms with Gasteiger partial charge in [-0.15, -0.1) is 0 Å². The second-order valence-corrected chi connectivity index (χ2v) is 8.45. The number of carbonyl (C=O) groups is 1. The molecule has 0 saturated carbocycles. The van der Waals surface area contributed by atoms with Gasteiger partial charge in [0, 0.05) is 24.3 Å². The van der Waals surface area contributed by atoms with Crippen molar-refractivity contribution in [3.05, 3.63) is 71.8 Å². The van der Waals surface area contributed by atoms with Gasteiger partial charge >= 0.3 is 6.09 Å². The van der Waals surface area contributed by atoms with Crippen LogP contribution in [0.2, 0.25) is 0 Å². The number of ether oxygens (including phenoxy) is 1. The minimum atomic E-state index is -0.992. The van der Waals surface area contributed by atoms with E-state index in [0.717, 1.165) is 11.1 Å². The Hall–Kier alpha value is -2.37. The number of carbonyl (C=O) groups excluding carboxylic acids is 1. The zero-order valence-electron chi connectivity index (χ0n) is 17.0. The summed E-state index contributed by atoms with van der Waals surface area (Å²) < 4.78 is 5.70. The lowest BCUT2D eigenvalue weighted by atomic mass is 9.69. The average Bonchev–Trinajstić information content (AvgIpc) is 2.61. The normalized spacial score (nSPS) is 16.0. The van der Waals surface area contributed by atoms with Crippen molar-refractivity contribution < 1.29 is 14.6 Å². The molecule has 0 saturated heterocycles. The van der Waals surface area contributed by atoms with Gasteiger partial charge in [0.05, 0.1) is 6.10 Å². The van der Waals surface area contributed by atoms with E-state index in [0.29, 0.717) is 12.8 Å². The minimum absolute atomic E-state index is 0.197. The molecular formula is C23H32N2O3. The number of benzene rings is 2. The first-order valence-electron chi connectivity index (χ1n) is 9.63. The van der Waals surface area contributed by atoms with Gasteiger partial charge in [-0.05, 0) is 17.5 Å². The van der Waals surface area contributed by atoms with Crippen molar-refractivity contribution in [2.45, 2.75) is 57.8 Å². The third kappa shape index (κ3) is 5.81. The zero-order chi connectivity index (χ0) is 20.8. The van der Waals surface area contributed by atoms with Crippen LogP contribution in [0.5, 0.6) is 0 Å². The first kappa shape index (κ1) is 21.9. The summed E-state index contributed by atoms with van der Waals surface area (Å²) in [5.74, 6) is 0. The predicted molar refractivity (Wildman–Crippen MR) is 112 cm³/mol. The second kappa shape index (κ2) is 9.22. The van der Waals surface area contributed by atoms with Crippen molar-refractivity contribution in [1.82, 2.24) is 0 Å². The number of primary amides is 1. The quantitative estimate of drug-likeness (QED) is 0.649. The molecule has 0 spiro atoms. The average molecular weight is 385 g/mol. The summed E-state index contributed by atoms with van der Waals surface area (Å²) in [4.78, 5) is 11.8. The molecule has 3 atom stereocenters. The molecule has 1 amide bonds. The van der Waals surface area contributed by atoms with E-state index in [2.05, 4.69) is 0 Å². The van der Waals surface area contributed by atoms with Crippen LogP contribution in [0.15, 0.2) is 60.7 Å². The zero-order valence-corrected chi connectivity index (χ0v) is 17.0. The van der Waals surface area contributed by atoms with E-state index < -0.39 is 29.3 Å². The standard InChI is InChI=1S/C23H32N2O3/c1-22(2,3)23(28-21(25)27,15-18-12-8-5-9-13-18)16-20(26)19(24)14-17-10-6-4-7-11-17/h4-13,19-20,26H,14-16,24H2,1-3H3,(H2,25,27)/t19-,20-,23-/m0/s1. The molecule has 0 unspecified atom stereocenters. The lowest BCUT2D eigenvalue weighted by molar-refractivity contribution is -0.0953. The van der Waals surface area contributed by atoms with E-state index in [1.54, 1.807) is 0 Å². The molecule has 0 aliphatic rings. The van der Waals surface area contributed by atoms with Crippen molar-refractivity contribution in [2.75, 3.05) is 0 Å². The van der Waals surface area contributed by atoms with Crippen LogP contribution in [0.4, 0.5) is 4.79 Å². The highest BCUT2D eigenvalue weighted by Gasteiger charge is 2.47. The smallest absolute Gasteiger partial charge is 0.405 e. The van der Waals surface area contributed by atoms with E-state index in [1.165, 1.54) is 0 Å². The molecule has 2 aromatic carbocycles. The van der Waals surface area contributed by atoms with Crippen LogP contribution in [0, 0.1) is 5.41 Å². The van der Waals surface area contributed by atoms with Gasteiger partial charge in [0.25, 0.3) is 0 Å². The van der Waals surface area contributed by atoms with Crippen LogP contribution in [0.1, 0.15) is 38.3 Å². The molecule has 5 heteroatoms. The number of aliphatic hydroxyl groups excluding tert-OH is 1. The Kier molecular flexibility index (Phi) is 7.22. The van der Waals surface area contributed by atoms with E-state index in [4.69, 9.17) is 16.2 Å². The van der Waals surface area contributed by atoms with Crippen LogP contribution in [0.25, 0.3) is 0 Å². The largest absolute Gasteiger partial charge is 0.442 e. The summed E-state index contributed by atoms with van der Waals surface area (Å²) in [5, 5.41) is 10.9. The molecule has 0 radical (unpaired) electrons. The summed E-state index contributed by atoms with van der Waals surface area (Å²) in [6.07, 6.45) is -0.542. The summed E-state index contributed by atoms with van der Waals surface area (Å²) in [6.45, 7) is 5.94. The van der Waals surface area contributed by atoms with Gasteiger partial charge in [0.2, 0.25) is 0 Å². The molecule has 5 nitrogen and oxygen atoms in total. The number of aliphatic hydroxyl groups is 1. The second-order valence-electron chi connectivity index (χ2n) is 8.45. The topological polar surface area (TPSA) is 98.6 Å². The highest BCUT2D eigenvalue weighted by molar-refractivity contribution is 5.65. The monoisotopic (exact) mass is 384 g/mol. The van der Waals surface area contributed by atoms with Crippen molar-refractivity contribution in [2.24, 2.45) is 16.9 Å². The van der Waals surface area contributed by atoms with Gasteiger partial charge in [0.15, 0.2) is 0 Å². The van der Waals surface area contributed by atoms with Gasteiger partial charge in [-0.1, -0.05) is 81.4 Å². The molecule has 0 heterocycles. The summed E-state index contributed by atoms with van der Waals surface area (Å²) >= 11 is 0. The van der Waals surface area contributed by atoms with Gasteiger partial charge < -0.3 is 21.3 Å². The van der Waals surface area contributed by atoms with Gasteiger partial charge in [0.1, 0.15) is 5.60 Å². The predicted octanol–water partition coefficient (Wildman–Crippen LogP) is 3.43. The van der Waals surface area contributed by atoms with Crippen LogP contribution < -0.4 is 11.5 Å². The molecule has 2 rings (SSSR count). The Morgan fingerprint density at radius 2 is 1.50 bits per heavy atom. The van der Waals surface area contributed by atoms with Crippen molar-refractivity contribution in [3.8, 4) is 0 Å². The lowest BCUT2D eigenvalue weighted by Crippen LogP contribution is -2.54. The maximum Gasteiger partial charge on any atom is 0.405 e. The highest BCUT2D eigenvalue weighted by Crippen LogP contribution is 2.41. The number of hydrogen-bond donors (Lipinski definition) is 3. The first-order chi connectivity index (χ1) is 13.1. The van der Waals surface area contributed by atoms with E-state index in [1.807, 2.05) is 81.4 Å². The fourth-order valence-electron chi connectivity index (χ4n) is 3.50. The first-order valence-corrected chi connectivity index (χ1v) is 9.63. The van der Waals surface area contributed by atoms with Crippen LogP contribution >= 0.6 is 0 Å². The summed E-state index contributed by atoms with van der Waals surface area (Å²) in [7, 11) is 0. The number of amides is 1. The van der Waals surface area contributed by atoms with E-state index in [9.17, 15) is 9.90 Å². The molecule has 0 aliphatic carbocycles. The fraction of sp³-hybridized carbons (Fsp3) is 0.435. The van der Waals surface area contributed by atoms with E-state index in [-0.39, 0.29) is 6.42 Å². The van der Waals surface area contributed by atoms with Crippen molar-refractivity contribution in [3.63, 3.8) is 0 Å². The molecule has 2 aromatic rings. The molecule has 152 valence electrons. The van der Waals surface area contributed by atoms with Gasteiger partial charge in [-0.25, -0.2) is 4.79 Å². The van der Waals surface area contributed by atoms with Crippen LogP contribution in [0.3, 0.4) is 0 Å². The SMILES string of the molecule is CC(C)(C)[C@](Cc1ccccc1)(C[C@H](O)[C@@H](N)Cc1ccccc1)OC(N)=O. The molecule has 0 bridgehead atoms. The maximum absolute atomic E-state index is 11.8. The minimum Gasteiger partial charge on any atom is -0.442 e. The van der Waals surface area contributed by atoms with Crippen molar-refractivity contribution in [1.29, 1.82) is 0 Å². The molecule has 5 N–H and O–H groups in total. The van der Waals surface area contributed by atoms with Crippen molar-refractivity contribution >= 4 is 6.09 Å². The molecule has 28 heavy (non-hydrogen) atoms. The Labute approximate surface area is 167 Å². The Bertz CT molecular complexity index is 743. The lowest BCUT2D eigenvalue weighted by Gasteiger charge is -2.45. The van der Waals surface area contributed by atoms with Gasteiger partial charge in [-0.2, -0.15) is 0 Å². The van der Waals surface area contributed by atoms with Crippen LogP contribution in [-0.2, 0) is 17.6 Å². The van der Waals surface area contributed by atoms with Gasteiger partial charge in [-0.3, -0.25) is 0 Å². The highest BCUT2D eigenvalue weighted by atomic mass is 16.6. The number of rotatable bonds is 8. The molecular weight excluding hydrogens is 352 g/mol. The molecule has 0 aromatic heterocycles. The Morgan fingerprint density at radius 1 is 1.00 bits per heavy atom. The summed E-state index contributed by atoms with van der Waals surface area (Å²) in [6, 6.07) is 19.0. The third-order valence-corrected chi connectivity index (χ3v) is 5.34. The third-order valence-electron chi connectivity index (χ3n) is 5.34. The number of hydrogen-bond acceptors (Lipinski definition) is 4. The Balaban J connectivity index is 2.27. The number of nitrogens with two attached hydrogens (primary N) is 2. The van der Waals surface area contributed by atoms with Crippen LogP contribution in [-0.4, -0.2) is 28.9 Å². The molecule has 0 aliphatic heterocycles.